The van der Waals surface area contributed by atoms with Crippen molar-refractivity contribution in [2.45, 2.75) is 38.0 Å². The molecule has 7 nitrogen and oxygen atoms in total. The summed E-state index contributed by atoms with van der Waals surface area (Å²) >= 11 is 0. The van der Waals surface area contributed by atoms with Gasteiger partial charge in [0.05, 0.1) is 23.1 Å². The Labute approximate surface area is 198 Å². The molecule has 3 rings (SSSR count). The number of carbonyl (C=O) groups excluding carboxylic acids is 2. The topological polar surface area (TPSA) is 105 Å². The Bertz CT molecular complexity index is 1060. The van der Waals surface area contributed by atoms with Crippen molar-refractivity contribution < 1.29 is 41.8 Å². The second-order valence-electron chi connectivity index (χ2n) is 8.15. The second-order valence-corrected chi connectivity index (χ2v) is 8.15. The maximum absolute atomic E-state index is 13.2. The summed E-state index contributed by atoms with van der Waals surface area (Å²) in [5.74, 6) is -3.18. The number of benzene rings is 2. The fourth-order valence-electron chi connectivity index (χ4n) is 3.80. The zero-order valence-electron chi connectivity index (χ0n) is 18.5. The van der Waals surface area contributed by atoms with Crippen LogP contribution in [0.3, 0.4) is 0 Å². The molecule has 0 spiro atoms. The van der Waals surface area contributed by atoms with E-state index in [0.29, 0.717) is 37.0 Å². The first kappa shape index (κ1) is 26.0. The summed E-state index contributed by atoms with van der Waals surface area (Å²) in [5.41, 5.74) is -1.77. The van der Waals surface area contributed by atoms with Crippen molar-refractivity contribution in [2.24, 2.45) is 5.92 Å². The van der Waals surface area contributed by atoms with Crippen molar-refractivity contribution in [1.82, 2.24) is 10.6 Å². The third-order valence-corrected chi connectivity index (χ3v) is 5.67. The number of hydrogen-bond acceptors (Lipinski definition) is 4. The van der Waals surface area contributed by atoms with E-state index in [9.17, 15) is 31.9 Å². The molecule has 2 amide bonds. The zero-order valence-corrected chi connectivity index (χ0v) is 18.5. The summed E-state index contributed by atoms with van der Waals surface area (Å²) in [6.07, 6.45) is -2.61. The van der Waals surface area contributed by atoms with Gasteiger partial charge in [0.1, 0.15) is 11.6 Å². The molecule has 0 bridgehead atoms. The van der Waals surface area contributed by atoms with E-state index in [0.717, 1.165) is 12.1 Å². The van der Waals surface area contributed by atoms with Gasteiger partial charge in [0.2, 0.25) is 0 Å². The van der Waals surface area contributed by atoms with E-state index in [2.05, 4.69) is 10.6 Å². The highest BCUT2D eigenvalue weighted by Gasteiger charge is 2.35. The van der Waals surface area contributed by atoms with Gasteiger partial charge in [-0.15, -0.1) is 0 Å². The van der Waals surface area contributed by atoms with Gasteiger partial charge in [-0.25, -0.2) is 4.39 Å². The third-order valence-electron chi connectivity index (χ3n) is 5.67. The number of hydrogen-bond donors (Lipinski definition) is 3. The van der Waals surface area contributed by atoms with Crippen molar-refractivity contribution >= 4 is 17.8 Å². The van der Waals surface area contributed by atoms with Crippen LogP contribution in [0.1, 0.15) is 52.0 Å². The van der Waals surface area contributed by atoms with Crippen LogP contribution in [0.15, 0.2) is 42.5 Å². The molecule has 3 N–H and O–H groups in total. The lowest BCUT2D eigenvalue weighted by molar-refractivity contribution is -0.143. The molecular formula is C24H24F4N2O5. The van der Waals surface area contributed by atoms with Crippen LogP contribution in [0.4, 0.5) is 17.6 Å². The molecule has 35 heavy (non-hydrogen) atoms. The molecule has 0 radical (unpaired) electrons. The molecule has 0 heterocycles. The van der Waals surface area contributed by atoms with Gasteiger partial charge in [0, 0.05) is 18.7 Å². The molecule has 1 aliphatic carbocycles. The lowest BCUT2D eigenvalue weighted by Crippen LogP contribution is -2.35. The average Bonchev–Trinajstić information content (AvgIpc) is 2.81. The number of carboxylic acids is 1. The minimum atomic E-state index is -4.89. The summed E-state index contributed by atoms with van der Waals surface area (Å²) in [5, 5.41) is 13.9. The molecule has 0 aliphatic heterocycles. The Morgan fingerprint density at radius 2 is 1.51 bits per heavy atom. The second kappa shape index (κ2) is 11.2. The zero-order chi connectivity index (χ0) is 25.6. The normalized spacial score (nSPS) is 17.9. The average molecular weight is 496 g/mol. The molecule has 1 aliphatic rings. The fourth-order valence-corrected chi connectivity index (χ4v) is 3.80. The van der Waals surface area contributed by atoms with Gasteiger partial charge >= 0.3 is 12.1 Å². The Kier molecular flexibility index (Phi) is 8.31. The molecule has 1 saturated carbocycles. The number of aliphatic carboxylic acids is 1. The van der Waals surface area contributed by atoms with Crippen LogP contribution in [0.5, 0.6) is 5.75 Å². The maximum atomic E-state index is 13.2. The van der Waals surface area contributed by atoms with E-state index >= 15 is 0 Å². The van der Waals surface area contributed by atoms with E-state index < -0.39 is 40.9 Å². The summed E-state index contributed by atoms with van der Waals surface area (Å²) < 4.78 is 58.1. The molecule has 0 saturated heterocycles. The van der Waals surface area contributed by atoms with Crippen molar-refractivity contribution in [2.75, 3.05) is 13.1 Å². The van der Waals surface area contributed by atoms with Gasteiger partial charge in [-0.1, -0.05) is 0 Å². The molecule has 1 fully saturated rings. The van der Waals surface area contributed by atoms with Crippen LogP contribution in [-0.2, 0) is 11.0 Å². The lowest BCUT2D eigenvalue weighted by Gasteiger charge is -2.26. The van der Waals surface area contributed by atoms with Gasteiger partial charge in [-0.05, 0) is 68.1 Å². The van der Waals surface area contributed by atoms with Crippen LogP contribution >= 0.6 is 0 Å². The maximum Gasteiger partial charge on any atom is 0.417 e. The first-order valence-corrected chi connectivity index (χ1v) is 11.0. The van der Waals surface area contributed by atoms with E-state index in [1.54, 1.807) is 24.3 Å². The molecule has 0 aromatic heterocycles. The van der Waals surface area contributed by atoms with Crippen molar-refractivity contribution in [1.29, 1.82) is 0 Å². The summed E-state index contributed by atoms with van der Waals surface area (Å²) in [7, 11) is 0. The highest BCUT2D eigenvalue weighted by molar-refractivity contribution is 5.96. The minimum Gasteiger partial charge on any atom is -0.490 e. The predicted molar refractivity (Wildman–Crippen MR) is 117 cm³/mol. The highest BCUT2D eigenvalue weighted by Crippen LogP contribution is 2.32. The number of carboxylic acid groups (broad SMARTS) is 1. The monoisotopic (exact) mass is 496 g/mol. The van der Waals surface area contributed by atoms with E-state index in [1.807, 2.05) is 0 Å². The minimum absolute atomic E-state index is 0.0435. The predicted octanol–water partition coefficient (Wildman–Crippen LogP) is 4.03. The van der Waals surface area contributed by atoms with Crippen molar-refractivity contribution in [3.8, 4) is 5.75 Å². The fraction of sp³-hybridized carbons (Fsp3) is 0.375. The molecule has 2 aromatic carbocycles. The number of carbonyl (C=O) groups is 3. The van der Waals surface area contributed by atoms with E-state index in [1.165, 1.54) is 0 Å². The summed E-state index contributed by atoms with van der Waals surface area (Å²) in [6.45, 7) is -0.183. The van der Waals surface area contributed by atoms with Gasteiger partial charge in [-0.2, -0.15) is 13.2 Å². The molecule has 0 unspecified atom stereocenters. The SMILES string of the molecule is O=C(NCCNC(=O)c1ccc(F)cc1C(F)(F)F)c1ccc(O[C@H]2CC[C@@H](C(=O)O)CC2)cc1. The molecule has 0 atom stereocenters. The van der Waals surface area contributed by atoms with Crippen LogP contribution < -0.4 is 15.4 Å². The quantitative estimate of drug-likeness (QED) is 0.378. The van der Waals surface area contributed by atoms with Crippen LogP contribution in [0.2, 0.25) is 0 Å². The Morgan fingerprint density at radius 1 is 0.914 bits per heavy atom. The van der Waals surface area contributed by atoms with Crippen LogP contribution in [0.25, 0.3) is 0 Å². The number of ether oxygens (including phenoxy) is 1. The largest absolute Gasteiger partial charge is 0.490 e. The van der Waals surface area contributed by atoms with E-state index in [4.69, 9.17) is 9.84 Å². The van der Waals surface area contributed by atoms with Crippen LogP contribution in [0, 0.1) is 11.7 Å². The molecule has 188 valence electrons. The standard InChI is InChI=1S/C24H24F4N2O5/c25-16-5-10-19(20(13-16)24(26,27)28)22(32)30-12-11-29-21(31)14-1-6-17(7-2-14)35-18-8-3-15(4-9-18)23(33)34/h1-2,5-7,10,13,15,18H,3-4,8-9,11-12H2,(H,29,31)(H,30,32)(H,33,34)/t15-,18+. The van der Waals surface area contributed by atoms with Crippen molar-refractivity contribution in [3.05, 3.63) is 65.0 Å². The molecule has 11 heteroatoms. The molecular weight excluding hydrogens is 472 g/mol. The molecule has 2 aromatic rings. The van der Waals surface area contributed by atoms with Gasteiger partial charge < -0.3 is 20.5 Å². The summed E-state index contributed by atoms with van der Waals surface area (Å²) in [4.78, 5) is 35.4. The first-order chi connectivity index (χ1) is 16.5. The van der Waals surface area contributed by atoms with Gasteiger partial charge in [0.25, 0.3) is 11.8 Å². The van der Waals surface area contributed by atoms with Crippen molar-refractivity contribution in [3.63, 3.8) is 0 Å². The number of halogens is 4. The van der Waals surface area contributed by atoms with E-state index in [-0.39, 0.29) is 31.2 Å². The number of rotatable bonds is 8. The third kappa shape index (κ3) is 7.17. The van der Waals surface area contributed by atoms with Gasteiger partial charge in [-0.3, -0.25) is 14.4 Å². The van der Waals surface area contributed by atoms with Crippen LogP contribution in [-0.4, -0.2) is 42.1 Å². The number of nitrogens with one attached hydrogen (secondary N) is 2. The lowest BCUT2D eigenvalue weighted by atomic mass is 9.87. The summed E-state index contributed by atoms with van der Waals surface area (Å²) in [6, 6.07) is 8.10. The Balaban J connectivity index is 1.44. The van der Waals surface area contributed by atoms with Gasteiger partial charge in [0.15, 0.2) is 0 Å². The smallest absolute Gasteiger partial charge is 0.417 e. The number of alkyl halides is 3. The highest BCUT2D eigenvalue weighted by atomic mass is 19.4. The first-order valence-electron chi connectivity index (χ1n) is 11.0. The Hall–Kier alpha value is -3.63. The Morgan fingerprint density at radius 3 is 2.09 bits per heavy atom. The number of amides is 2.